The zero-order valence-corrected chi connectivity index (χ0v) is 11.9. The molecule has 4 nitrogen and oxygen atoms in total. The summed E-state index contributed by atoms with van der Waals surface area (Å²) in [6, 6.07) is 0.336. The number of nitrogens with one attached hydrogen (secondary N) is 1. The van der Waals surface area contributed by atoms with E-state index in [4.69, 9.17) is 10.9 Å². The van der Waals surface area contributed by atoms with Gasteiger partial charge >= 0.3 is 0 Å². The van der Waals surface area contributed by atoms with Crippen molar-refractivity contribution in [1.82, 2.24) is 5.32 Å². The predicted molar refractivity (Wildman–Crippen MR) is 75.8 cm³/mol. The van der Waals surface area contributed by atoms with E-state index in [-0.39, 0.29) is 0 Å². The fourth-order valence-corrected chi connectivity index (χ4v) is 2.76. The molecule has 1 rings (SSSR count). The Kier molecular flexibility index (Phi) is 7.09. The summed E-state index contributed by atoms with van der Waals surface area (Å²) < 4.78 is 0. The molecule has 18 heavy (non-hydrogen) atoms. The fraction of sp³-hybridized carbons (Fsp3) is 0.929. The van der Waals surface area contributed by atoms with E-state index in [0.717, 1.165) is 24.8 Å². The summed E-state index contributed by atoms with van der Waals surface area (Å²) >= 11 is 0. The van der Waals surface area contributed by atoms with Crippen LogP contribution in [-0.2, 0) is 0 Å². The molecule has 1 saturated carbocycles. The standard InChI is InChI=1S/C14H29N3O/c1-3-13(10-14(15)17-18)16-9-8-12-6-4-11(2)5-7-12/h11-13,16,18H,3-10H2,1-2H3,(H2,15,17). The summed E-state index contributed by atoms with van der Waals surface area (Å²) in [5, 5.41) is 15.1. The Morgan fingerprint density at radius 1 is 1.39 bits per heavy atom. The Balaban J connectivity index is 2.15. The van der Waals surface area contributed by atoms with Gasteiger partial charge in [-0.2, -0.15) is 0 Å². The maximum atomic E-state index is 8.57. The van der Waals surface area contributed by atoms with Crippen molar-refractivity contribution in [2.24, 2.45) is 22.7 Å². The van der Waals surface area contributed by atoms with Gasteiger partial charge in [-0.25, -0.2) is 0 Å². The minimum Gasteiger partial charge on any atom is -0.409 e. The third-order valence-corrected chi connectivity index (χ3v) is 4.20. The van der Waals surface area contributed by atoms with E-state index in [1.807, 2.05) is 0 Å². The number of rotatable bonds is 7. The van der Waals surface area contributed by atoms with Gasteiger partial charge in [0, 0.05) is 12.5 Å². The topological polar surface area (TPSA) is 70.6 Å². The number of hydrogen-bond donors (Lipinski definition) is 3. The Morgan fingerprint density at radius 3 is 2.61 bits per heavy atom. The summed E-state index contributed by atoms with van der Waals surface area (Å²) in [5.41, 5.74) is 5.54. The normalized spacial score (nSPS) is 27.1. The van der Waals surface area contributed by atoms with Crippen molar-refractivity contribution in [3.63, 3.8) is 0 Å². The predicted octanol–water partition coefficient (Wildman–Crippen LogP) is 2.71. The van der Waals surface area contributed by atoms with Gasteiger partial charge in [-0.05, 0) is 31.2 Å². The van der Waals surface area contributed by atoms with Crippen molar-refractivity contribution in [1.29, 1.82) is 0 Å². The lowest BCUT2D eigenvalue weighted by Gasteiger charge is -2.27. The van der Waals surface area contributed by atoms with Gasteiger partial charge in [0.15, 0.2) is 0 Å². The van der Waals surface area contributed by atoms with Crippen molar-refractivity contribution in [2.45, 2.75) is 64.8 Å². The molecule has 0 amide bonds. The molecule has 0 spiro atoms. The second-order valence-corrected chi connectivity index (χ2v) is 5.77. The van der Waals surface area contributed by atoms with Crippen LogP contribution in [0.15, 0.2) is 5.16 Å². The Morgan fingerprint density at radius 2 is 2.06 bits per heavy atom. The van der Waals surface area contributed by atoms with Crippen LogP contribution in [0.3, 0.4) is 0 Å². The van der Waals surface area contributed by atoms with Crippen LogP contribution >= 0.6 is 0 Å². The average molecular weight is 255 g/mol. The quantitative estimate of drug-likeness (QED) is 0.283. The molecule has 0 aliphatic heterocycles. The molecule has 0 aromatic heterocycles. The zero-order chi connectivity index (χ0) is 13.4. The maximum absolute atomic E-state index is 8.57. The molecule has 4 heteroatoms. The van der Waals surface area contributed by atoms with Crippen molar-refractivity contribution < 1.29 is 5.21 Å². The van der Waals surface area contributed by atoms with E-state index >= 15 is 0 Å². The number of amidine groups is 1. The Bertz CT molecular complexity index is 247. The van der Waals surface area contributed by atoms with Gasteiger partial charge in [0.25, 0.3) is 0 Å². The zero-order valence-electron chi connectivity index (χ0n) is 11.9. The first-order chi connectivity index (χ1) is 8.65. The summed E-state index contributed by atoms with van der Waals surface area (Å²) in [6.45, 7) is 5.54. The highest BCUT2D eigenvalue weighted by atomic mass is 16.4. The SMILES string of the molecule is CCC(CC(N)=NO)NCCC1CCC(C)CC1. The summed E-state index contributed by atoms with van der Waals surface area (Å²) in [5.74, 6) is 2.15. The van der Waals surface area contributed by atoms with Gasteiger partial charge in [-0.15, -0.1) is 0 Å². The molecule has 1 aliphatic carbocycles. The fourth-order valence-electron chi connectivity index (χ4n) is 2.76. The highest BCUT2D eigenvalue weighted by Crippen LogP contribution is 2.29. The van der Waals surface area contributed by atoms with Gasteiger partial charge in [-0.1, -0.05) is 44.7 Å². The van der Waals surface area contributed by atoms with Crippen LogP contribution in [0, 0.1) is 11.8 Å². The number of nitrogens with zero attached hydrogens (tertiary/aromatic N) is 1. The second-order valence-electron chi connectivity index (χ2n) is 5.77. The molecule has 0 bridgehead atoms. The molecule has 0 radical (unpaired) electrons. The molecule has 106 valence electrons. The van der Waals surface area contributed by atoms with Gasteiger partial charge in [0.1, 0.15) is 5.84 Å². The van der Waals surface area contributed by atoms with Crippen LogP contribution in [-0.4, -0.2) is 23.6 Å². The van der Waals surface area contributed by atoms with E-state index in [1.54, 1.807) is 0 Å². The smallest absolute Gasteiger partial charge is 0.140 e. The Hall–Kier alpha value is -0.770. The number of hydrogen-bond acceptors (Lipinski definition) is 3. The molecule has 0 heterocycles. The van der Waals surface area contributed by atoms with Gasteiger partial charge in [0.2, 0.25) is 0 Å². The van der Waals surface area contributed by atoms with Crippen LogP contribution in [0.2, 0.25) is 0 Å². The molecule has 1 fully saturated rings. The van der Waals surface area contributed by atoms with Crippen LogP contribution in [0.1, 0.15) is 58.8 Å². The monoisotopic (exact) mass is 255 g/mol. The van der Waals surface area contributed by atoms with Crippen LogP contribution in [0.5, 0.6) is 0 Å². The summed E-state index contributed by atoms with van der Waals surface area (Å²) in [6.07, 6.45) is 8.48. The highest BCUT2D eigenvalue weighted by Gasteiger charge is 2.18. The third kappa shape index (κ3) is 5.71. The lowest BCUT2D eigenvalue weighted by molar-refractivity contribution is 0.272. The molecule has 1 atom stereocenters. The van der Waals surface area contributed by atoms with Crippen LogP contribution in [0.25, 0.3) is 0 Å². The lowest BCUT2D eigenvalue weighted by atomic mass is 9.81. The second kappa shape index (κ2) is 8.35. The molecular weight excluding hydrogens is 226 g/mol. The van der Waals surface area contributed by atoms with Gasteiger partial charge < -0.3 is 16.3 Å². The first-order valence-electron chi connectivity index (χ1n) is 7.35. The number of nitrogens with two attached hydrogens (primary N) is 1. The maximum Gasteiger partial charge on any atom is 0.140 e. The van der Waals surface area contributed by atoms with E-state index in [1.165, 1.54) is 32.1 Å². The molecule has 0 aromatic carbocycles. The lowest BCUT2D eigenvalue weighted by Crippen LogP contribution is -2.34. The molecule has 4 N–H and O–H groups in total. The first kappa shape index (κ1) is 15.3. The number of oxime groups is 1. The van der Waals surface area contributed by atoms with E-state index in [9.17, 15) is 0 Å². The van der Waals surface area contributed by atoms with Crippen LogP contribution in [0.4, 0.5) is 0 Å². The largest absolute Gasteiger partial charge is 0.409 e. The first-order valence-corrected chi connectivity index (χ1v) is 7.35. The van der Waals surface area contributed by atoms with Crippen LogP contribution < -0.4 is 11.1 Å². The van der Waals surface area contributed by atoms with Crippen molar-refractivity contribution in [3.8, 4) is 0 Å². The third-order valence-electron chi connectivity index (χ3n) is 4.20. The molecule has 1 unspecified atom stereocenters. The van der Waals surface area contributed by atoms with E-state index in [2.05, 4.69) is 24.3 Å². The average Bonchev–Trinajstić information content (AvgIpc) is 2.39. The molecule has 0 saturated heterocycles. The van der Waals surface area contributed by atoms with Crippen molar-refractivity contribution in [2.75, 3.05) is 6.54 Å². The van der Waals surface area contributed by atoms with Crippen molar-refractivity contribution in [3.05, 3.63) is 0 Å². The van der Waals surface area contributed by atoms with Crippen molar-refractivity contribution >= 4 is 5.84 Å². The minimum absolute atomic E-state index is 0.320. The summed E-state index contributed by atoms with van der Waals surface area (Å²) in [7, 11) is 0. The highest BCUT2D eigenvalue weighted by molar-refractivity contribution is 5.80. The van der Waals surface area contributed by atoms with E-state index in [0.29, 0.717) is 18.3 Å². The van der Waals surface area contributed by atoms with Gasteiger partial charge in [-0.3, -0.25) is 0 Å². The molecule has 1 aliphatic rings. The van der Waals surface area contributed by atoms with E-state index < -0.39 is 0 Å². The summed E-state index contributed by atoms with van der Waals surface area (Å²) in [4.78, 5) is 0. The van der Waals surface area contributed by atoms with Gasteiger partial charge in [0.05, 0.1) is 0 Å². The Labute approximate surface area is 111 Å². The minimum atomic E-state index is 0.320. The molecular formula is C14H29N3O. The molecule has 0 aromatic rings.